The first-order valence-electron chi connectivity index (χ1n) is 5.32. The van der Waals surface area contributed by atoms with Gasteiger partial charge in [0.15, 0.2) is 0 Å². The van der Waals surface area contributed by atoms with E-state index in [1.165, 1.54) is 0 Å². The summed E-state index contributed by atoms with van der Waals surface area (Å²) in [5, 5.41) is 18.0. The van der Waals surface area contributed by atoms with Crippen LogP contribution in [0.3, 0.4) is 0 Å². The molecule has 92 valence electrons. The van der Waals surface area contributed by atoms with Crippen molar-refractivity contribution >= 4 is 12.1 Å². The Balaban J connectivity index is 2.87. The van der Waals surface area contributed by atoms with Gasteiger partial charge < -0.3 is 10.2 Å². The highest BCUT2D eigenvalue weighted by atomic mass is 16.4. The Hall–Kier alpha value is -2.04. The Morgan fingerprint density at radius 3 is 2.24 bits per heavy atom. The van der Waals surface area contributed by atoms with Gasteiger partial charge >= 0.3 is 12.1 Å². The van der Waals surface area contributed by atoms with Crippen LogP contribution in [-0.4, -0.2) is 39.8 Å². The number of aliphatic carboxylic acids is 1. The van der Waals surface area contributed by atoms with Crippen LogP contribution in [-0.2, 0) is 11.2 Å². The molecular formula is C12H15NO4. The smallest absolute Gasteiger partial charge is 0.408 e. The first-order chi connectivity index (χ1) is 8.06. The van der Waals surface area contributed by atoms with E-state index >= 15 is 0 Å². The van der Waals surface area contributed by atoms with Gasteiger partial charge in [0.1, 0.15) is 6.04 Å². The molecule has 1 aromatic carbocycles. The highest BCUT2D eigenvalue weighted by Crippen LogP contribution is 2.09. The van der Waals surface area contributed by atoms with Crippen LogP contribution in [0.5, 0.6) is 0 Å². The van der Waals surface area contributed by atoms with Gasteiger partial charge in [0.2, 0.25) is 0 Å². The molecule has 17 heavy (non-hydrogen) atoms. The molecule has 0 aliphatic rings. The van der Waals surface area contributed by atoms with Crippen molar-refractivity contribution in [3.63, 3.8) is 0 Å². The zero-order chi connectivity index (χ0) is 12.8. The number of amides is 1. The summed E-state index contributed by atoms with van der Waals surface area (Å²) >= 11 is 0. The monoisotopic (exact) mass is 237 g/mol. The predicted octanol–water partition coefficient (Wildman–Crippen LogP) is 1.68. The second-order valence-corrected chi connectivity index (χ2v) is 3.61. The maximum Gasteiger partial charge on any atom is 0.408 e. The fourth-order valence-electron chi connectivity index (χ4n) is 1.66. The van der Waals surface area contributed by atoms with Crippen LogP contribution in [0.4, 0.5) is 4.79 Å². The maximum absolute atomic E-state index is 11.1. The summed E-state index contributed by atoms with van der Waals surface area (Å²) in [6, 6.07) is 7.95. The molecule has 0 saturated heterocycles. The van der Waals surface area contributed by atoms with E-state index in [1.807, 2.05) is 6.07 Å². The van der Waals surface area contributed by atoms with Crippen LogP contribution in [0.2, 0.25) is 0 Å². The lowest BCUT2D eigenvalue weighted by atomic mass is 10.1. The topological polar surface area (TPSA) is 77.8 Å². The lowest BCUT2D eigenvalue weighted by Gasteiger charge is -2.24. The molecule has 0 unspecified atom stereocenters. The van der Waals surface area contributed by atoms with Crippen molar-refractivity contribution in [2.24, 2.45) is 0 Å². The number of carboxylic acid groups (broad SMARTS) is 2. The molecule has 1 rings (SSSR count). The van der Waals surface area contributed by atoms with Gasteiger partial charge in [0, 0.05) is 13.0 Å². The Kier molecular flexibility index (Phi) is 4.51. The fourth-order valence-corrected chi connectivity index (χ4v) is 1.66. The number of carbonyl (C=O) groups is 2. The normalized spacial score (nSPS) is 11.8. The summed E-state index contributed by atoms with van der Waals surface area (Å²) < 4.78 is 0. The van der Waals surface area contributed by atoms with E-state index in [0.717, 1.165) is 10.5 Å². The highest BCUT2D eigenvalue weighted by Gasteiger charge is 2.28. The molecule has 5 nitrogen and oxygen atoms in total. The van der Waals surface area contributed by atoms with Crippen molar-refractivity contribution in [2.75, 3.05) is 6.54 Å². The second-order valence-electron chi connectivity index (χ2n) is 3.61. The van der Waals surface area contributed by atoms with Gasteiger partial charge in [0.05, 0.1) is 0 Å². The van der Waals surface area contributed by atoms with E-state index in [1.54, 1.807) is 31.2 Å². The molecule has 0 saturated carbocycles. The number of nitrogens with zero attached hydrogens (tertiary/aromatic N) is 1. The Morgan fingerprint density at radius 2 is 1.82 bits per heavy atom. The van der Waals surface area contributed by atoms with Crippen LogP contribution < -0.4 is 0 Å². The quantitative estimate of drug-likeness (QED) is 0.816. The zero-order valence-electron chi connectivity index (χ0n) is 9.54. The molecule has 0 bridgehead atoms. The van der Waals surface area contributed by atoms with Crippen LogP contribution in [0.1, 0.15) is 12.5 Å². The van der Waals surface area contributed by atoms with Gasteiger partial charge in [-0.2, -0.15) is 0 Å². The number of benzene rings is 1. The summed E-state index contributed by atoms with van der Waals surface area (Å²) in [4.78, 5) is 23.0. The number of carboxylic acids is 1. The van der Waals surface area contributed by atoms with E-state index in [-0.39, 0.29) is 13.0 Å². The minimum Gasteiger partial charge on any atom is -0.480 e. The highest BCUT2D eigenvalue weighted by molar-refractivity contribution is 5.79. The van der Waals surface area contributed by atoms with E-state index in [4.69, 9.17) is 10.2 Å². The summed E-state index contributed by atoms with van der Waals surface area (Å²) in [6.45, 7) is 1.77. The average molecular weight is 237 g/mol. The largest absolute Gasteiger partial charge is 0.480 e. The third-order valence-electron chi connectivity index (χ3n) is 2.52. The molecule has 1 atom stereocenters. The molecule has 0 fully saturated rings. The maximum atomic E-state index is 11.1. The molecule has 0 radical (unpaired) electrons. The molecule has 1 aromatic rings. The summed E-state index contributed by atoms with van der Waals surface area (Å²) in [5.41, 5.74) is 0.805. The van der Waals surface area contributed by atoms with Crippen molar-refractivity contribution < 1.29 is 19.8 Å². The van der Waals surface area contributed by atoms with Crippen LogP contribution in [0.25, 0.3) is 0 Å². The number of hydrogen-bond acceptors (Lipinski definition) is 2. The van der Waals surface area contributed by atoms with Crippen molar-refractivity contribution in [1.29, 1.82) is 0 Å². The van der Waals surface area contributed by atoms with Crippen molar-refractivity contribution in [1.82, 2.24) is 4.90 Å². The number of hydrogen-bond donors (Lipinski definition) is 2. The minimum atomic E-state index is -1.21. The van der Waals surface area contributed by atoms with E-state index in [2.05, 4.69) is 0 Å². The van der Waals surface area contributed by atoms with E-state index < -0.39 is 18.1 Å². The zero-order valence-corrected chi connectivity index (χ0v) is 9.54. The lowest BCUT2D eigenvalue weighted by molar-refractivity contribution is -0.142. The predicted molar refractivity (Wildman–Crippen MR) is 62.0 cm³/mol. The number of likely N-dealkylation sites (N-methyl/N-ethyl adjacent to an activating group) is 1. The van der Waals surface area contributed by atoms with Gasteiger partial charge in [-0.3, -0.25) is 4.90 Å². The first kappa shape index (κ1) is 13.0. The first-order valence-corrected chi connectivity index (χ1v) is 5.32. The third-order valence-corrected chi connectivity index (χ3v) is 2.52. The Labute approximate surface area is 99.3 Å². The van der Waals surface area contributed by atoms with Crippen molar-refractivity contribution in [3.8, 4) is 0 Å². The standard InChI is InChI=1S/C12H15NO4/c1-2-13(12(16)17)10(11(14)15)8-9-6-4-3-5-7-9/h3-7,10H,2,8H2,1H3,(H,14,15)(H,16,17)/t10-/m0/s1. The van der Waals surface area contributed by atoms with Crippen LogP contribution in [0.15, 0.2) is 30.3 Å². The molecule has 0 aromatic heterocycles. The van der Waals surface area contributed by atoms with E-state index in [0.29, 0.717) is 0 Å². The van der Waals surface area contributed by atoms with Crippen LogP contribution >= 0.6 is 0 Å². The van der Waals surface area contributed by atoms with Crippen molar-refractivity contribution in [3.05, 3.63) is 35.9 Å². The van der Waals surface area contributed by atoms with Gasteiger partial charge in [0.25, 0.3) is 0 Å². The molecule has 0 spiro atoms. The summed E-state index contributed by atoms with van der Waals surface area (Å²) in [6.07, 6.45) is -1.04. The molecular weight excluding hydrogens is 222 g/mol. The second kappa shape index (κ2) is 5.89. The van der Waals surface area contributed by atoms with Crippen molar-refractivity contribution in [2.45, 2.75) is 19.4 Å². The average Bonchev–Trinajstić information content (AvgIpc) is 2.29. The molecule has 1 amide bonds. The Morgan fingerprint density at radius 1 is 1.24 bits per heavy atom. The Bertz CT molecular complexity index is 391. The number of rotatable bonds is 5. The lowest BCUT2D eigenvalue weighted by Crippen LogP contribution is -2.45. The van der Waals surface area contributed by atoms with Gasteiger partial charge in [-0.25, -0.2) is 9.59 Å². The van der Waals surface area contributed by atoms with E-state index in [9.17, 15) is 9.59 Å². The molecule has 0 heterocycles. The minimum absolute atomic E-state index is 0.152. The van der Waals surface area contributed by atoms with Gasteiger partial charge in [-0.1, -0.05) is 30.3 Å². The van der Waals surface area contributed by atoms with Gasteiger partial charge in [-0.05, 0) is 12.5 Å². The molecule has 5 heteroatoms. The third kappa shape index (κ3) is 3.48. The summed E-state index contributed by atoms with van der Waals surface area (Å²) in [5.74, 6) is -1.13. The summed E-state index contributed by atoms with van der Waals surface area (Å²) in [7, 11) is 0. The van der Waals surface area contributed by atoms with Crippen LogP contribution in [0, 0.1) is 0 Å². The SMILES string of the molecule is CCN(C(=O)O)[C@@H](Cc1ccccc1)C(=O)O. The molecule has 2 N–H and O–H groups in total. The van der Waals surface area contributed by atoms with Gasteiger partial charge in [-0.15, -0.1) is 0 Å². The molecule has 0 aliphatic carbocycles. The fraction of sp³-hybridized carbons (Fsp3) is 0.333. The molecule has 0 aliphatic heterocycles.